The highest BCUT2D eigenvalue weighted by atomic mass is 16.5. The van der Waals surface area contributed by atoms with Gasteiger partial charge in [0.15, 0.2) is 0 Å². The molecule has 0 radical (unpaired) electrons. The van der Waals surface area contributed by atoms with Crippen LogP contribution in [0, 0.1) is 11.8 Å². The summed E-state index contributed by atoms with van der Waals surface area (Å²) in [5, 5.41) is 8.88. The third kappa shape index (κ3) is 4.73. The fourth-order valence-electron chi connectivity index (χ4n) is 1.69. The van der Waals surface area contributed by atoms with Crippen LogP contribution < -0.4 is 0 Å². The highest BCUT2D eigenvalue weighted by Crippen LogP contribution is 2.31. The predicted octanol–water partition coefficient (Wildman–Crippen LogP) is 0.982. The van der Waals surface area contributed by atoms with Crippen molar-refractivity contribution >= 4 is 11.9 Å². The van der Waals surface area contributed by atoms with Crippen molar-refractivity contribution in [1.82, 2.24) is 4.90 Å². The lowest BCUT2D eigenvalue weighted by Crippen LogP contribution is -2.38. The van der Waals surface area contributed by atoms with E-state index in [-0.39, 0.29) is 11.8 Å². The fraction of sp³-hybridized carbons (Fsp3) is 0.833. The van der Waals surface area contributed by atoms with Crippen LogP contribution in [0.5, 0.6) is 0 Å². The van der Waals surface area contributed by atoms with Gasteiger partial charge in [0.25, 0.3) is 0 Å². The van der Waals surface area contributed by atoms with Gasteiger partial charge in [-0.2, -0.15) is 0 Å². The van der Waals surface area contributed by atoms with Crippen LogP contribution in [-0.4, -0.2) is 48.7 Å². The average Bonchev–Trinajstić information content (AvgIpc) is 3.10. The quantitative estimate of drug-likeness (QED) is 0.645. The van der Waals surface area contributed by atoms with Crippen LogP contribution in [0.15, 0.2) is 0 Å². The average molecular weight is 243 g/mol. The van der Waals surface area contributed by atoms with Gasteiger partial charge in [-0.05, 0) is 19.3 Å². The minimum absolute atomic E-state index is 0.106. The van der Waals surface area contributed by atoms with Crippen LogP contribution in [0.2, 0.25) is 0 Å². The van der Waals surface area contributed by atoms with E-state index in [0.717, 1.165) is 19.3 Å². The second kappa shape index (κ2) is 6.59. The van der Waals surface area contributed by atoms with Gasteiger partial charge in [0.1, 0.15) is 0 Å². The number of aliphatic carboxylic acids is 1. The molecule has 0 spiro atoms. The molecule has 1 aliphatic rings. The molecule has 1 atom stereocenters. The first-order chi connectivity index (χ1) is 8.06. The van der Waals surface area contributed by atoms with Crippen molar-refractivity contribution in [2.75, 3.05) is 26.8 Å². The molecule has 1 rings (SSSR count). The normalized spacial score (nSPS) is 16.6. The summed E-state index contributed by atoms with van der Waals surface area (Å²) >= 11 is 0. The number of rotatable bonds is 8. The summed E-state index contributed by atoms with van der Waals surface area (Å²) in [5.74, 6) is -1.13. The standard InChI is InChI=1S/C12H21NO4/c1-9(12(15)16)8-13(6-3-7-17-2)11(14)10-4-5-10/h9-10H,3-8H2,1-2H3,(H,15,16). The van der Waals surface area contributed by atoms with Gasteiger partial charge in [0, 0.05) is 32.7 Å². The molecule has 1 N–H and O–H groups in total. The van der Waals surface area contributed by atoms with Crippen molar-refractivity contribution in [2.24, 2.45) is 11.8 Å². The van der Waals surface area contributed by atoms with Crippen molar-refractivity contribution in [1.29, 1.82) is 0 Å². The van der Waals surface area contributed by atoms with Crippen LogP contribution in [-0.2, 0) is 14.3 Å². The second-order valence-corrected chi connectivity index (χ2v) is 4.64. The fourth-order valence-corrected chi connectivity index (χ4v) is 1.69. The largest absolute Gasteiger partial charge is 0.481 e. The topological polar surface area (TPSA) is 66.8 Å². The maximum absolute atomic E-state index is 11.9. The van der Waals surface area contributed by atoms with E-state index in [4.69, 9.17) is 9.84 Å². The van der Waals surface area contributed by atoms with E-state index in [1.54, 1.807) is 18.9 Å². The molecule has 1 aliphatic carbocycles. The number of amides is 1. The first-order valence-corrected chi connectivity index (χ1v) is 6.06. The van der Waals surface area contributed by atoms with E-state index in [0.29, 0.717) is 19.7 Å². The lowest BCUT2D eigenvalue weighted by Gasteiger charge is -2.24. The number of hydrogen-bond donors (Lipinski definition) is 1. The van der Waals surface area contributed by atoms with Crippen LogP contribution in [0.3, 0.4) is 0 Å². The Morgan fingerprint density at radius 1 is 1.47 bits per heavy atom. The smallest absolute Gasteiger partial charge is 0.308 e. The lowest BCUT2D eigenvalue weighted by atomic mass is 10.1. The molecule has 1 amide bonds. The van der Waals surface area contributed by atoms with E-state index in [9.17, 15) is 9.59 Å². The first kappa shape index (κ1) is 14.0. The Hall–Kier alpha value is -1.10. The Labute approximate surface area is 102 Å². The number of ether oxygens (including phenoxy) is 1. The molecule has 5 heteroatoms. The van der Waals surface area contributed by atoms with Gasteiger partial charge in [-0.15, -0.1) is 0 Å². The number of nitrogens with zero attached hydrogens (tertiary/aromatic N) is 1. The molecule has 1 fully saturated rings. The molecule has 1 saturated carbocycles. The van der Waals surface area contributed by atoms with Crippen molar-refractivity contribution in [3.05, 3.63) is 0 Å². The van der Waals surface area contributed by atoms with Gasteiger partial charge in [-0.3, -0.25) is 9.59 Å². The molecule has 1 unspecified atom stereocenters. The lowest BCUT2D eigenvalue weighted by molar-refractivity contribution is -0.143. The maximum atomic E-state index is 11.9. The van der Waals surface area contributed by atoms with E-state index < -0.39 is 11.9 Å². The van der Waals surface area contributed by atoms with E-state index in [2.05, 4.69) is 0 Å². The molecule has 0 bridgehead atoms. The zero-order chi connectivity index (χ0) is 12.8. The molecule has 0 aliphatic heterocycles. The molecule has 5 nitrogen and oxygen atoms in total. The minimum Gasteiger partial charge on any atom is -0.481 e. The zero-order valence-corrected chi connectivity index (χ0v) is 10.5. The van der Waals surface area contributed by atoms with Crippen molar-refractivity contribution in [3.63, 3.8) is 0 Å². The number of carbonyl (C=O) groups excluding carboxylic acids is 1. The van der Waals surface area contributed by atoms with Crippen LogP contribution >= 0.6 is 0 Å². The van der Waals surface area contributed by atoms with E-state index >= 15 is 0 Å². The van der Waals surface area contributed by atoms with Crippen LogP contribution in [0.1, 0.15) is 26.2 Å². The summed E-state index contributed by atoms with van der Waals surface area (Å²) in [5.41, 5.74) is 0. The van der Waals surface area contributed by atoms with E-state index in [1.807, 2.05) is 0 Å². The summed E-state index contributed by atoms with van der Waals surface area (Å²) in [6.07, 6.45) is 2.64. The van der Waals surface area contributed by atoms with Gasteiger partial charge in [0.2, 0.25) is 5.91 Å². The van der Waals surface area contributed by atoms with Crippen LogP contribution in [0.25, 0.3) is 0 Å². The SMILES string of the molecule is COCCCN(CC(C)C(=O)O)C(=O)C1CC1. The summed E-state index contributed by atoms with van der Waals surface area (Å²) < 4.78 is 4.95. The highest BCUT2D eigenvalue weighted by Gasteiger charge is 2.34. The number of methoxy groups -OCH3 is 1. The second-order valence-electron chi connectivity index (χ2n) is 4.64. The highest BCUT2D eigenvalue weighted by molar-refractivity contribution is 5.81. The predicted molar refractivity (Wildman–Crippen MR) is 62.6 cm³/mol. The van der Waals surface area contributed by atoms with Crippen molar-refractivity contribution < 1.29 is 19.4 Å². The number of hydrogen-bond acceptors (Lipinski definition) is 3. The van der Waals surface area contributed by atoms with Crippen molar-refractivity contribution in [3.8, 4) is 0 Å². The summed E-state index contributed by atoms with van der Waals surface area (Å²) in [6, 6.07) is 0. The van der Waals surface area contributed by atoms with Crippen molar-refractivity contribution in [2.45, 2.75) is 26.2 Å². The van der Waals surface area contributed by atoms with Gasteiger partial charge in [-0.1, -0.05) is 6.92 Å². The number of carboxylic acid groups (broad SMARTS) is 1. The molecule has 98 valence electrons. The monoisotopic (exact) mass is 243 g/mol. The third-order valence-corrected chi connectivity index (χ3v) is 2.93. The molecule has 17 heavy (non-hydrogen) atoms. The summed E-state index contributed by atoms with van der Waals surface area (Å²) in [6.45, 7) is 3.11. The molecular weight excluding hydrogens is 222 g/mol. The molecule has 0 aromatic carbocycles. The molecule has 0 saturated heterocycles. The number of carbonyl (C=O) groups is 2. The molecule has 0 aromatic heterocycles. The third-order valence-electron chi connectivity index (χ3n) is 2.93. The molecule has 0 aromatic rings. The minimum atomic E-state index is -0.856. The zero-order valence-electron chi connectivity index (χ0n) is 10.5. The summed E-state index contributed by atoms with van der Waals surface area (Å²) in [4.78, 5) is 24.4. The first-order valence-electron chi connectivity index (χ1n) is 6.06. The number of carboxylic acids is 1. The Kier molecular flexibility index (Phi) is 5.41. The Morgan fingerprint density at radius 3 is 2.59 bits per heavy atom. The van der Waals surface area contributed by atoms with Gasteiger partial charge < -0.3 is 14.7 Å². The Balaban J connectivity index is 2.45. The molecule has 0 heterocycles. The van der Waals surface area contributed by atoms with Gasteiger partial charge >= 0.3 is 5.97 Å². The maximum Gasteiger partial charge on any atom is 0.308 e. The van der Waals surface area contributed by atoms with E-state index in [1.165, 1.54) is 0 Å². The van der Waals surface area contributed by atoms with Gasteiger partial charge in [-0.25, -0.2) is 0 Å². The summed E-state index contributed by atoms with van der Waals surface area (Å²) in [7, 11) is 1.62. The Morgan fingerprint density at radius 2 is 2.12 bits per heavy atom. The Bertz CT molecular complexity index is 276. The van der Waals surface area contributed by atoms with Crippen LogP contribution in [0.4, 0.5) is 0 Å². The molecular formula is C12H21NO4. The van der Waals surface area contributed by atoms with Gasteiger partial charge in [0.05, 0.1) is 5.92 Å².